The lowest BCUT2D eigenvalue weighted by atomic mass is 10.1. The van der Waals surface area contributed by atoms with Gasteiger partial charge in [-0.2, -0.15) is 0 Å². The van der Waals surface area contributed by atoms with Crippen molar-refractivity contribution in [3.8, 4) is 0 Å². The predicted octanol–water partition coefficient (Wildman–Crippen LogP) is 0.745. The molecule has 0 bridgehead atoms. The third kappa shape index (κ3) is 1.43. The largest absolute Gasteiger partial charge is 0.457 e. The summed E-state index contributed by atoms with van der Waals surface area (Å²) in [6, 6.07) is 0. The molecule has 1 aliphatic heterocycles. The van der Waals surface area contributed by atoms with E-state index in [-0.39, 0.29) is 0 Å². The first-order valence-corrected chi connectivity index (χ1v) is 3.32. The number of hydrogen-bond acceptors (Lipinski definition) is 2. The van der Waals surface area contributed by atoms with Gasteiger partial charge >= 0.3 is 0 Å². The molecule has 0 aromatic rings. The highest BCUT2D eigenvalue weighted by Crippen LogP contribution is 2.16. The Kier molecular flexibility index (Phi) is 2.09. The summed E-state index contributed by atoms with van der Waals surface area (Å²) < 4.78 is 5.21. The molecule has 1 aliphatic rings. The molecule has 1 rings (SSSR count). The lowest BCUT2D eigenvalue weighted by Gasteiger charge is -2.15. The second-order valence-electron chi connectivity index (χ2n) is 2.79. The monoisotopic (exact) mass is 128 g/mol. The van der Waals surface area contributed by atoms with E-state index in [2.05, 4.69) is 18.9 Å². The van der Waals surface area contributed by atoms with Gasteiger partial charge in [0.05, 0.1) is 6.10 Å². The van der Waals surface area contributed by atoms with Crippen molar-refractivity contribution >= 4 is 0 Å². The number of hydrogen-bond donors (Lipinski definition) is 0. The Morgan fingerprint density at radius 2 is 2.22 bits per heavy atom. The first kappa shape index (κ1) is 7.03. The summed E-state index contributed by atoms with van der Waals surface area (Å²) in [6.45, 7) is 4.25. The maximum absolute atomic E-state index is 5.21. The molecule has 0 unspecified atom stereocenters. The van der Waals surface area contributed by atoms with Crippen molar-refractivity contribution in [1.29, 1.82) is 0 Å². The molecule has 1 heterocycles. The summed E-state index contributed by atoms with van der Waals surface area (Å²) in [7, 11) is 5.60. The molecule has 0 aromatic heterocycles. The smallest absolute Gasteiger partial charge is 0.0710 e. The van der Waals surface area contributed by atoms with Gasteiger partial charge in [0.15, 0.2) is 0 Å². The third-order valence-electron chi connectivity index (χ3n) is 1.92. The van der Waals surface area contributed by atoms with Crippen LogP contribution in [-0.2, 0) is 4.74 Å². The standard InChI is InChI=1S/C7H14NO/c1-6-4-8(2)5-7(6)9-3/h6-7H,2,4-5H2,1,3H3/q-1/t6-,7+/m1/s1. The Hall–Kier alpha value is -0.0800. The van der Waals surface area contributed by atoms with Crippen LogP contribution in [0, 0.1) is 13.0 Å². The summed E-state index contributed by atoms with van der Waals surface area (Å²) in [5.41, 5.74) is 0. The molecule has 1 fully saturated rings. The zero-order valence-corrected chi connectivity index (χ0v) is 6.13. The van der Waals surface area contributed by atoms with Gasteiger partial charge in [-0.05, 0) is 19.0 Å². The van der Waals surface area contributed by atoms with Crippen LogP contribution in [0.15, 0.2) is 0 Å². The van der Waals surface area contributed by atoms with Crippen LogP contribution in [0.4, 0.5) is 0 Å². The number of nitrogens with zero attached hydrogens (tertiary/aromatic N) is 1. The van der Waals surface area contributed by atoms with Crippen molar-refractivity contribution in [2.75, 3.05) is 20.2 Å². The van der Waals surface area contributed by atoms with E-state index >= 15 is 0 Å². The maximum Gasteiger partial charge on any atom is 0.0710 e. The topological polar surface area (TPSA) is 12.5 Å². The van der Waals surface area contributed by atoms with Crippen molar-refractivity contribution in [2.45, 2.75) is 13.0 Å². The Morgan fingerprint density at radius 3 is 2.44 bits per heavy atom. The van der Waals surface area contributed by atoms with Crippen LogP contribution in [0.3, 0.4) is 0 Å². The fourth-order valence-corrected chi connectivity index (χ4v) is 1.34. The van der Waals surface area contributed by atoms with Gasteiger partial charge in [0, 0.05) is 7.11 Å². The van der Waals surface area contributed by atoms with Gasteiger partial charge in [0.1, 0.15) is 0 Å². The predicted molar refractivity (Wildman–Crippen MR) is 36.9 cm³/mol. The zero-order valence-electron chi connectivity index (χ0n) is 6.13. The van der Waals surface area contributed by atoms with Gasteiger partial charge in [-0.15, -0.1) is 0 Å². The molecule has 0 amide bonds. The molecule has 0 aliphatic carbocycles. The molecular formula is C7H14NO-. The highest BCUT2D eigenvalue weighted by Gasteiger charge is 2.23. The van der Waals surface area contributed by atoms with Gasteiger partial charge in [-0.1, -0.05) is 6.92 Å². The fourth-order valence-electron chi connectivity index (χ4n) is 1.34. The number of methoxy groups -OCH3 is 1. The summed E-state index contributed by atoms with van der Waals surface area (Å²) in [4.78, 5) is 2.05. The molecular weight excluding hydrogens is 114 g/mol. The molecule has 9 heavy (non-hydrogen) atoms. The zero-order chi connectivity index (χ0) is 6.85. The lowest BCUT2D eigenvalue weighted by molar-refractivity contribution is 0.0858. The van der Waals surface area contributed by atoms with E-state index in [9.17, 15) is 0 Å². The average Bonchev–Trinajstić information content (AvgIpc) is 2.10. The molecule has 2 atom stereocenters. The maximum atomic E-state index is 5.21. The summed E-state index contributed by atoms with van der Waals surface area (Å²) in [5.74, 6) is 0.646. The molecule has 0 spiro atoms. The molecule has 0 radical (unpaired) electrons. The highest BCUT2D eigenvalue weighted by atomic mass is 16.5. The molecule has 0 aromatic carbocycles. The molecule has 1 saturated heterocycles. The van der Waals surface area contributed by atoms with Crippen LogP contribution in [0.25, 0.3) is 0 Å². The van der Waals surface area contributed by atoms with Crippen LogP contribution >= 0.6 is 0 Å². The van der Waals surface area contributed by atoms with E-state index in [1.165, 1.54) is 0 Å². The Bertz CT molecular complexity index is 94.9. The van der Waals surface area contributed by atoms with Gasteiger partial charge in [-0.3, -0.25) is 7.05 Å². The minimum atomic E-state index is 0.405. The van der Waals surface area contributed by atoms with Crippen LogP contribution in [0.5, 0.6) is 0 Å². The number of likely N-dealkylation sites (tertiary alicyclic amines) is 1. The molecule has 2 heteroatoms. The lowest BCUT2D eigenvalue weighted by Crippen LogP contribution is -2.18. The van der Waals surface area contributed by atoms with Crippen molar-refractivity contribution in [3.63, 3.8) is 0 Å². The normalized spacial score (nSPS) is 37.7. The van der Waals surface area contributed by atoms with E-state index < -0.39 is 0 Å². The average molecular weight is 128 g/mol. The van der Waals surface area contributed by atoms with Gasteiger partial charge in [0.2, 0.25) is 0 Å². The molecule has 0 N–H and O–H groups in total. The summed E-state index contributed by atoms with van der Waals surface area (Å²) in [5, 5.41) is 0. The van der Waals surface area contributed by atoms with E-state index in [0.717, 1.165) is 13.1 Å². The second-order valence-corrected chi connectivity index (χ2v) is 2.79. The van der Waals surface area contributed by atoms with E-state index in [1.54, 1.807) is 7.11 Å². The van der Waals surface area contributed by atoms with E-state index in [4.69, 9.17) is 4.74 Å². The van der Waals surface area contributed by atoms with E-state index in [0.29, 0.717) is 12.0 Å². The van der Waals surface area contributed by atoms with Crippen LogP contribution < -0.4 is 0 Å². The number of ether oxygens (including phenoxy) is 1. The number of rotatable bonds is 1. The summed E-state index contributed by atoms with van der Waals surface area (Å²) >= 11 is 0. The Morgan fingerprint density at radius 1 is 1.56 bits per heavy atom. The van der Waals surface area contributed by atoms with Crippen LogP contribution in [0.2, 0.25) is 0 Å². The first-order chi connectivity index (χ1) is 4.24. The van der Waals surface area contributed by atoms with Gasteiger partial charge in [-0.25, -0.2) is 0 Å². The minimum absolute atomic E-state index is 0.405. The van der Waals surface area contributed by atoms with Crippen molar-refractivity contribution in [3.05, 3.63) is 7.05 Å². The van der Waals surface area contributed by atoms with Crippen LogP contribution in [0.1, 0.15) is 6.92 Å². The van der Waals surface area contributed by atoms with Crippen molar-refractivity contribution in [1.82, 2.24) is 4.90 Å². The minimum Gasteiger partial charge on any atom is -0.457 e. The summed E-state index contributed by atoms with van der Waals surface area (Å²) in [6.07, 6.45) is 0.405. The fraction of sp³-hybridized carbons (Fsp3) is 0.857. The second kappa shape index (κ2) is 2.67. The Balaban J connectivity index is 2.38. The molecule has 54 valence electrons. The van der Waals surface area contributed by atoms with Crippen molar-refractivity contribution in [2.24, 2.45) is 5.92 Å². The molecule has 0 saturated carbocycles. The first-order valence-electron chi connectivity index (χ1n) is 3.32. The van der Waals surface area contributed by atoms with Gasteiger partial charge in [0.25, 0.3) is 0 Å². The SMILES string of the molecule is [CH2-]N1C[C@@H](C)[C@@H](OC)C1. The quantitative estimate of drug-likeness (QED) is 0.483. The highest BCUT2D eigenvalue weighted by molar-refractivity contribution is 4.81. The van der Waals surface area contributed by atoms with E-state index in [1.807, 2.05) is 0 Å². The third-order valence-corrected chi connectivity index (χ3v) is 1.92. The van der Waals surface area contributed by atoms with Crippen LogP contribution in [-0.4, -0.2) is 31.2 Å². The Labute approximate surface area is 56.8 Å². The van der Waals surface area contributed by atoms with Gasteiger partial charge < -0.3 is 9.64 Å². The molecule has 2 nitrogen and oxygen atoms in total. The van der Waals surface area contributed by atoms with Crippen molar-refractivity contribution < 1.29 is 4.74 Å².